The fourth-order valence-corrected chi connectivity index (χ4v) is 3.87. The molecule has 0 saturated carbocycles. The molecule has 21 heavy (non-hydrogen) atoms. The summed E-state index contributed by atoms with van der Waals surface area (Å²) in [6, 6.07) is 0.844. The van der Waals surface area contributed by atoms with E-state index >= 15 is 0 Å². The molecule has 1 aromatic heterocycles. The summed E-state index contributed by atoms with van der Waals surface area (Å²) in [5, 5.41) is 12.5. The van der Waals surface area contributed by atoms with Crippen LogP contribution in [-0.4, -0.2) is 45.3 Å². The van der Waals surface area contributed by atoms with Crippen molar-refractivity contribution in [3.63, 3.8) is 0 Å². The zero-order chi connectivity index (χ0) is 14.8. The largest absolute Gasteiger partial charge is 0.314 e. The summed E-state index contributed by atoms with van der Waals surface area (Å²) < 4.78 is 2.31. The van der Waals surface area contributed by atoms with Gasteiger partial charge in [0, 0.05) is 19.0 Å². The minimum absolute atomic E-state index is 0.295. The van der Waals surface area contributed by atoms with Crippen LogP contribution in [0.4, 0.5) is 0 Å². The van der Waals surface area contributed by atoms with Crippen molar-refractivity contribution < 1.29 is 0 Å². The number of fused-ring (bicyclic) bond motifs is 1. The van der Waals surface area contributed by atoms with Crippen molar-refractivity contribution in [2.24, 2.45) is 5.92 Å². The van der Waals surface area contributed by atoms with Crippen LogP contribution in [0.5, 0.6) is 0 Å². The van der Waals surface area contributed by atoms with Gasteiger partial charge in [-0.2, -0.15) is 0 Å². The number of rotatable bonds is 5. The zero-order valence-electron chi connectivity index (χ0n) is 13.7. The van der Waals surface area contributed by atoms with Crippen molar-refractivity contribution in [2.75, 3.05) is 19.6 Å². The van der Waals surface area contributed by atoms with E-state index in [1.165, 1.54) is 44.7 Å². The maximum absolute atomic E-state index is 4.40. The van der Waals surface area contributed by atoms with Gasteiger partial charge in [0.25, 0.3) is 0 Å². The maximum atomic E-state index is 4.40. The molecule has 1 aromatic rings. The van der Waals surface area contributed by atoms with Gasteiger partial charge in [-0.3, -0.25) is 0 Å². The SMILES string of the molecule is CCN1CCC(C(C)NC(C)c2nnc3n2CCC3)CC1. The van der Waals surface area contributed by atoms with Gasteiger partial charge in [0.1, 0.15) is 11.6 Å². The lowest BCUT2D eigenvalue weighted by atomic mass is 9.90. The number of aromatic nitrogens is 3. The first-order chi connectivity index (χ1) is 10.2. The van der Waals surface area contributed by atoms with Crippen LogP contribution >= 0.6 is 0 Å². The lowest BCUT2D eigenvalue weighted by Gasteiger charge is -2.35. The smallest absolute Gasteiger partial charge is 0.149 e. The van der Waals surface area contributed by atoms with Crippen molar-refractivity contribution in [2.45, 2.75) is 65.1 Å². The molecule has 1 fully saturated rings. The van der Waals surface area contributed by atoms with Gasteiger partial charge in [-0.25, -0.2) is 0 Å². The van der Waals surface area contributed by atoms with Crippen LogP contribution in [0, 0.1) is 5.92 Å². The van der Waals surface area contributed by atoms with E-state index in [0.717, 1.165) is 24.7 Å². The molecule has 5 heteroatoms. The summed E-state index contributed by atoms with van der Waals surface area (Å²) in [6.45, 7) is 11.6. The minimum atomic E-state index is 0.295. The quantitative estimate of drug-likeness (QED) is 0.901. The first-order valence-electron chi connectivity index (χ1n) is 8.59. The molecule has 3 heterocycles. The standard InChI is InChI=1S/C16H29N5/c1-4-20-10-7-14(8-11-20)12(2)17-13(3)16-19-18-15-6-5-9-21(15)16/h12-14,17H,4-11H2,1-3H3. The second-order valence-corrected chi connectivity index (χ2v) is 6.68. The minimum Gasteiger partial charge on any atom is -0.314 e. The first-order valence-corrected chi connectivity index (χ1v) is 8.59. The summed E-state index contributed by atoms with van der Waals surface area (Å²) >= 11 is 0. The Labute approximate surface area is 128 Å². The molecule has 5 nitrogen and oxygen atoms in total. The molecule has 0 aliphatic carbocycles. The van der Waals surface area contributed by atoms with Crippen LogP contribution in [0.15, 0.2) is 0 Å². The molecule has 0 amide bonds. The Morgan fingerprint density at radius 3 is 2.67 bits per heavy atom. The van der Waals surface area contributed by atoms with E-state index in [1.54, 1.807) is 0 Å². The number of hydrogen-bond donors (Lipinski definition) is 1. The van der Waals surface area contributed by atoms with Crippen molar-refractivity contribution >= 4 is 0 Å². The second-order valence-electron chi connectivity index (χ2n) is 6.68. The average Bonchev–Trinajstić information content (AvgIpc) is 3.09. The molecular formula is C16H29N5. The molecule has 0 aromatic carbocycles. The maximum Gasteiger partial charge on any atom is 0.149 e. The van der Waals surface area contributed by atoms with Gasteiger partial charge in [-0.05, 0) is 58.7 Å². The summed E-state index contributed by atoms with van der Waals surface area (Å²) in [5.41, 5.74) is 0. The summed E-state index contributed by atoms with van der Waals surface area (Å²) in [6.07, 6.45) is 4.93. The summed E-state index contributed by atoms with van der Waals surface area (Å²) in [7, 11) is 0. The van der Waals surface area contributed by atoms with Gasteiger partial charge in [0.15, 0.2) is 0 Å². The molecule has 118 valence electrons. The van der Waals surface area contributed by atoms with Crippen molar-refractivity contribution in [3.8, 4) is 0 Å². The Balaban J connectivity index is 1.56. The molecule has 2 unspecified atom stereocenters. The van der Waals surface area contributed by atoms with Crippen molar-refractivity contribution in [1.29, 1.82) is 0 Å². The fourth-order valence-electron chi connectivity index (χ4n) is 3.87. The molecule has 1 saturated heterocycles. The number of likely N-dealkylation sites (tertiary alicyclic amines) is 1. The normalized spacial score (nSPS) is 23.2. The van der Waals surface area contributed by atoms with Gasteiger partial charge >= 0.3 is 0 Å². The van der Waals surface area contributed by atoms with Gasteiger partial charge in [0.2, 0.25) is 0 Å². The monoisotopic (exact) mass is 291 g/mol. The molecule has 3 rings (SSSR count). The first kappa shape index (κ1) is 15.0. The lowest BCUT2D eigenvalue weighted by molar-refractivity contribution is 0.164. The van der Waals surface area contributed by atoms with E-state index in [9.17, 15) is 0 Å². The van der Waals surface area contributed by atoms with E-state index in [2.05, 4.69) is 45.8 Å². The molecule has 0 spiro atoms. The molecule has 2 aliphatic heterocycles. The Bertz CT molecular complexity index is 461. The van der Waals surface area contributed by atoms with Crippen LogP contribution in [0.3, 0.4) is 0 Å². The lowest BCUT2D eigenvalue weighted by Crippen LogP contribution is -2.42. The highest BCUT2D eigenvalue weighted by Crippen LogP contribution is 2.24. The number of nitrogens with zero attached hydrogens (tertiary/aromatic N) is 4. The number of piperidine rings is 1. The van der Waals surface area contributed by atoms with Gasteiger partial charge < -0.3 is 14.8 Å². The predicted octanol–water partition coefficient (Wildman–Crippen LogP) is 2.00. The number of nitrogens with one attached hydrogen (secondary N) is 1. The van der Waals surface area contributed by atoms with E-state index < -0.39 is 0 Å². The third kappa shape index (κ3) is 3.14. The average molecular weight is 291 g/mol. The number of hydrogen-bond acceptors (Lipinski definition) is 4. The van der Waals surface area contributed by atoms with E-state index in [4.69, 9.17) is 0 Å². The Kier molecular flexibility index (Phi) is 4.60. The Hall–Kier alpha value is -0.940. The van der Waals surface area contributed by atoms with Crippen LogP contribution in [0.25, 0.3) is 0 Å². The fraction of sp³-hybridized carbons (Fsp3) is 0.875. The molecule has 2 atom stereocenters. The zero-order valence-corrected chi connectivity index (χ0v) is 13.7. The Morgan fingerprint density at radius 2 is 1.95 bits per heavy atom. The van der Waals surface area contributed by atoms with Crippen molar-refractivity contribution in [3.05, 3.63) is 11.6 Å². The third-order valence-corrected chi connectivity index (χ3v) is 5.32. The van der Waals surface area contributed by atoms with Crippen LogP contribution < -0.4 is 5.32 Å². The Morgan fingerprint density at radius 1 is 1.19 bits per heavy atom. The van der Waals surface area contributed by atoms with Gasteiger partial charge in [0.05, 0.1) is 6.04 Å². The van der Waals surface area contributed by atoms with E-state index in [-0.39, 0.29) is 0 Å². The van der Waals surface area contributed by atoms with Crippen LogP contribution in [-0.2, 0) is 13.0 Å². The van der Waals surface area contributed by atoms with Gasteiger partial charge in [-0.15, -0.1) is 10.2 Å². The molecule has 0 radical (unpaired) electrons. The van der Waals surface area contributed by atoms with Gasteiger partial charge in [-0.1, -0.05) is 6.92 Å². The van der Waals surface area contributed by atoms with Crippen LogP contribution in [0.2, 0.25) is 0 Å². The summed E-state index contributed by atoms with van der Waals surface area (Å²) in [4.78, 5) is 2.55. The molecule has 1 N–H and O–H groups in total. The van der Waals surface area contributed by atoms with Crippen LogP contribution in [0.1, 0.15) is 57.7 Å². The van der Waals surface area contributed by atoms with E-state index in [1.807, 2.05) is 0 Å². The molecular weight excluding hydrogens is 262 g/mol. The van der Waals surface area contributed by atoms with Crippen molar-refractivity contribution in [1.82, 2.24) is 25.0 Å². The molecule has 0 bridgehead atoms. The third-order valence-electron chi connectivity index (χ3n) is 5.32. The van der Waals surface area contributed by atoms with E-state index in [0.29, 0.717) is 12.1 Å². The highest BCUT2D eigenvalue weighted by atomic mass is 15.3. The molecule has 2 aliphatic rings. The highest BCUT2D eigenvalue weighted by Gasteiger charge is 2.27. The second kappa shape index (κ2) is 6.44. The number of aryl methyl sites for hydroxylation is 1. The predicted molar refractivity (Wildman–Crippen MR) is 84.2 cm³/mol. The summed E-state index contributed by atoms with van der Waals surface area (Å²) in [5.74, 6) is 3.08. The topological polar surface area (TPSA) is 46.0 Å². The highest BCUT2D eigenvalue weighted by molar-refractivity contribution is 5.04.